The summed E-state index contributed by atoms with van der Waals surface area (Å²) in [4.78, 5) is 3.81. The van der Waals surface area contributed by atoms with E-state index in [1.165, 1.54) is 19.4 Å². The third kappa shape index (κ3) is 18.1. The summed E-state index contributed by atoms with van der Waals surface area (Å²) in [6.07, 6.45) is 7.05. The van der Waals surface area contributed by atoms with Crippen LogP contribution in [0, 0.1) is 0 Å². The molecule has 0 bridgehead atoms. The first kappa shape index (κ1) is 16.5. The number of nitrogens with zero attached hydrogens (tertiary/aromatic N) is 1. The van der Waals surface area contributed by atoms with Crippen molar-refractivity contribution in [1.29, 1.82) is 0 Å². The molecule has 0 fully saturated rings. The van der Waals surface area contributed by atoms with Gasteiger partial charge in [-0.1, -0.05) is 13.3 Å². The number of hydrogen-bond acceptors (Lipinski definition) is 1. The SMILES string of the molecule is CCCC[NH+]1C=CN(C)C1.F[P-](F)(F)(F)(F)F. The fourth-order valence-corrected chi connectivity index (χ4v) is 1.22. The van der Waals surface area contributed by atoms with Crippen LogP contribution in [-0.4, -0.2) is 25.2 Å². The molecule has 0 aliphatic carbocycles. The van der Waals surface area contributed by atoms with Gasteiger partial charge in [0.05, 0.1) is 12.7 Å². The predicted molar refractivity (Wildman–Crippen MR) is 56.1 cm³/mol. The number of halogens is 6. The van der Waals surface area contributed by atoms with Gasteiger partial charge in [0.25, 0.3) is 0 Å². The van der Waals surface area contributed by atoms with E-state index in [9.17, 15) is 25.2 Å². The van der Waals surface area contributed by atoms with Gasteiger partial charge in [0.2, 0.25) is 0 Å². The van der Waals surface area contributed by atoms with E-state index in [1.54, 1.807) is 4.90 Å². The van der Waals surface area contributed by atoms with E-state index >= 15 is 0 Å². The molecule has 0 aromatic carbocycles. The summed E-state index contributed by atoms with van der Waals surface area (Å²) in [7, 11) is -8.54. The van der Waals surface area contributed by atoms with E-state index in [0.29, 0.717) is 0 Å². The maximum absolute atomic E-state index is 10.7. The molecule has 9 heteroatoms. The Balaban J connectivity index is 0.000000325. The summed E-state index contributed by atoms with van der Waals surface area (Å²) >= 11 is 0. The minimum absolute atomic E-state index is 1.15. The Morgan fingerprint density at radius 1 is 1.18 bits per heavy atom. The molecule has 0 saturated heterocycles. The second-order valence-electron chi connectivity index (χ2n) is 3.95. The summed E-state index contributed by atoms with van der Waals surface area (Å²) in [6.45, 7) is 4.68. The molecule has 1 aliphatic rings. The van der Waals surface area contributed by atoms with Crippen molar-refractivity contribution in [2.45, 2.75) is 19.8 Å². The van der Waals surface area contributed by atoms with Crippen molar-refractivity contribution in [3.63, 3.8) is 0 Å². The van der Waals surface area contributed by atoms with Crippen molar-refractivity contribution in [3.8, 4) is 0 Å². The molecule has 0 spiro atoms. The van der Waals surface area contributed by atoms with Gasteiger partial charge < -0.3 is 4.90 Å². The second kappa shape index (κ2) is 4.65. The fourth-order valence-electron chi connectivity index (χ4n) is 1.22. The van der Waals surface area contributed by atoms with E-state index in [0.717, 1.165) is 6.67 Å². The van der Waals surface area contributed by atoms with Crippen LogP contribution < -0.4 is 4.90 Å². The van der Waals surface area contributed by atoms with Gasteiger partial charge >= 0.3 is 33.0 Å². The number of rotatable bonds is 3. The standard InChI is InChI=1S/C8H16N2.F6P/c1-3-4-5-10-7-6-9(2)8-10;1-7(2,3,4,5)6/h6-7H,3-5,8H2,1-2H3;/q;-1/p+1. The Labute approximate surface area is 96.1 Å². The molecule has 106 valence electrons. The van der Waals surface area contributed by atoms with E-state index in [4.69, 9.17) is 0 Å². The van der Waals surface area contributed by atoms with Crippen molar-refractivity contribution in [1.82, 2.24) is 4.90 Å². The normalized spacial score (nSPS) is 23.8. The molecule has 1 aliphatic heterocycles. The zero-order chi connectivity index (χ0) is 13.8. The summed E-state index contributed by atoms with van der Waals surface area (Å²) in [5.74, 6) is 0. The van der Waals surface area contributed by atoms with Crippen LogP contribution in [0.5, 0.6) is 0 Å². The quantitative estimate of drug-likeness (QED) is 0.617. The van der Waals surface area contributed by atoms with Crippen LogP contribution in [0.15, 0.2) is 12.4 Å². The second-order valence-corrected chi connectivity index (χ2v) is 5.87. The number of unbranched alkanes of at least 4 members (excludes halogenated alkanes) is 1. The zero-order valence-electron chi connectivity index (χ0n) is 9.65. The third-order valence-electron chi connectivity index (χ3n) is 1.87. The van der Waals surface area contributed by atoms with E-state index in [-0.39, 0.29) is 0 Å². The van der Waals surface area contributed by atoms with Gasteiger partial charge in [-0.05, 0) is 6.42 Å². The predicted octanol–water partition coefficient (Wildman–Crippen LogP) is 3.43. The van der Waals surface area contributed by atoms with Gasteiger partial charge in [-0.3, -0.25) is 4.90 Å². The summed E-state index contributed by atoms with van der Waals surface area (Å²) in [6, 6.07) is 0. The average Bonchev–Trinajstić information content (AvgIpc) is 2.42. The molecule has 2 nitrogen and oxygen atoms in total. The summed E-state index contributed by atoms with van der Waals surface area (Å²) in [5.41, 5.74) is 0. The molecule has 17 heavy (non-hydrogen) atoms. The first-order chi connectivity index (χ1) is 7.28. The minimum atomic E-state index is -10.7. The molecule has 1 atom stereocenters. The summed E-state index contributed by atoms with van der Waals surface area (Å²) < 4.78 is 59.2. The molecule has 0 aromatic heterocycles. The molecule has 1 heterocycles. The van der Waals surface area contributed by atoms with E-state index in [1.807, 2.05) is 0 Å². The molecule has 1 N–H and O–H groups in total. The Kier molecular flexibility index (Phi) is 4.51. The molecule has 1 rings (SSSR count). The van der Waals surface area contributed by atoms with E-state index in [2.05, 4.69) is 31.3 Å². The van der Waals surface area contributed by atoms with Crippen LogP contribution in [-0.2, 0) is 0 Å². The summed E-state index contributed by atoms with van der Waals surface area (Å²) in [5, 5.41) is 0. The molecule has 0 saturated carbocycles. The average molecular weight is 286 g/mol. The van der Waals surface area contributed by atoms with Crippen LogP contribution in [0.1, 0.15) is 19.8 Å². The van der Waals surface area contributed by atoms with Crippen molar-refractivity contribution in [3.05, 3.63) is 12.4 Å². The Hall–Kier alpha value is -0.490. The van der Waals surface area contributed by atoms with Gasteiger partial charge in [0.15, 0.2) is 6.67 Å². The molecule has 0 aromatic rings. The van der Waals surface area contributed by atoms with Crippen LogP contribution >= 0.6 is 7.81 Å². The van der Waals surface area contributed by atoms with Crippen LogP contribution in [0.25, 0.3) is 0 Å². The first-order valence-electron chi connectivity index (χ1n) is 5.07. The Morgan fingerprint density at radius 2 is 1.65 bits per heavy atom. The molecular formula is C8H17F6N2P. The third-order valence-corrected chi connectivity index (χ3v) is 1.87. The monoisotopic (exact) mass is 286 g/mol. The molecule has 1 unspecified atom stereocenters. The maximum atomic E-state index is 9.87. The van der Waals surface area contributed by atoms with Crippen molar-refractivity contribution in [2.75, 3.05) is 20.3 Å². The fraction of sp³-hybridized carbons (Fsp3) is 0.750. The van der Waals surface area contributed by atoms with Gasteiger partial charge in [-0.2, -0.15) is 0 Å². The van der Waals surface area contributed by atoms with Gasteiger partial charge in [-0.25, -0.2) is 0 Å². The van der Waals surface area contributed by atoms with Gasteiger partial charge in [0, 0.05) is 7.05 Å². The van der Waals surface area contributed by atoms with Gasteiger partial charge in [-0.15, -0.1) is 0 Å². The van der Waals surface area contributed by atoms with Crippen LogP contribution in [0.2, 0.25) is 0 Å². The van der Waals surface area contributed by atoms with E-state index < -0.39 is 7.81 Å². The number of hydrogen-bond donors (Lipinski definition) is 1. The van der Waals surface area contributed by atoms with Crippen LogP contribution in [0.4, 0.5) is 25.2 Å². The van der Waals surface area contributed by atoms with Crippen molar-refractivity contribution < 1.29 is 30.1 Å². The molecule has 0 amide bonds. The molecular weight excluding hydrogens is 269 g/mol. The zero-order valence-corrected chi connectivity index (χ0v) is 10.5. The Morgan fingerprint density at radius 3 is 1.94 bits per heavy atom. The number of nitrogens with one attached hydrogen (secondary N) is 1. The van der Waals surface area contributed by atoms with Crippen molar-refractivity contribution in [2.24, 2.45) is 0 Å². The topological polar surface area (TPSA) is 7.68 Å². The first-order valence-corrected chi connectivity index (χ1v) is 7.10. The van der Waals surface area contributed by atoms with Crippen molar-refractivity contribution >= 4 is 7.81 Å². The molecule has 0 radical (unpaired) electrons. The van der Waals surface area contributed by atoms with Crippen LogP contribution in [0.3, 0.4) is 0 Å². The Bertz CT molecular complexity index is 260. The van der Waals surface area contributed by atoms with Gasteiger partial charge in [0.1, 0.15) is 6.20 Å². The number of quaternary nitrogens is 1.